The summed E-state index contributed by atoms with van der Waals surface area (Å²) in [7, 11) is 3.61. The van der Waals surface area contributed by atoms with Gasteiger partial charge in [-0.3, -0.25) is 4.68 Å². The highest BCUT2D eigenvalue weighted by Crippen LogP contribution is 2.08. The number of ether oxygens (including phenoxy) is 1. The van der Waals surface area contributed by atoms with Crippen LogP contribution in [0, 0.1) is 0 Å². The Hall–Kier alpha value is -1.85. The van der Waals surface area contributed by atoms with Crippen LogP contribution in [0.15, 0.2) is 18.6 Å². The van der Waals surface area contributed by atoms with Gasteiger partial charge in [-0.25, -0.2) is 0 Å². The van der Waals surface area contributed by atoms with Crippen LogP contribution in [0.2, 0.25) is 0 Å². The molecular weight excluding hydrogens is 182 g/mol. The van der Waals surface area contributed by atoms with Gasteiger partial charge in [0.25, 0.3) is 0 Å². The molecule has 0 unspecified atom stereocenters. The smallest absolute Gasteiger partial charge is 0.157 e. The molecule has 0 atom stereocenters. The average molecular weight is 193 g/mol. The van der Waals surface area contributed by atoms with E-state index < -0.39 is 0 Å². The van der Waals surface area contributed by atoms with Crippen molar-refractivity contribution in [2.75, 3.05) is 0 Å². The van der Waals surface area contributed by atoms with Gasteiger partial charge in [0.2, 0.25) is 0 Å². The third-order valence-corrected chi connectivity index (χ3v) is 1.71. The lowest BCUT2D eigenvalue weighted by molar-refractivity contribution is 0.299. The zero-order valence-electron chi connectivity index (χ0n) is 8.08. The SMILES string of the molecule is Cn1cc(OCc2cnn(C)n2)cn1. The van der Waals surface area contributed by atoms with Gasteiger partial charge in [-0.05, 0) is 0 Å². The van der Waals surface area contributed by atoms with Crippen molar-refractivity contribution in [1.29, 1.82) is 0 Å². The summed E-state index contributed by atoms with van der Waals surface area (Å²) in [6.07, 6.45) is 5.14. The molecule has 0 N–H and O–H groups in total. The van der Waals surface area contributed by atoms with Crippen LogP contribution in [-0.4, -0.2) is 24.8 Å². The first-order valence-corrected chi connectivity index (χ1v) is 4.21. The van der Waals surface area contributed by atoms with Gasteiger partial charge in [0.15, 0.2) is 5.75 Å². The van der Waals surface area contributed by atoms with Crippen molar-refractivity contribution in [1.82, 2.24) is 24.8 Å². The standard InChI is InChI=1S/C8H11N5O/c1-12-5-8(4-9-12)14-6-7-3-10-13(2)11-7/h3-5H,6H2,1-2H3. The van der Waals surface area contributed by atoms with Crippen molar-refractivity contribution in [3.8, 4) is 5.75 Å². The second-order valence-corrected chi connectivity index (χ2v) is 2.96. The minimum absolute atomic E-state index is 0.416. The van der Waals surface area contributed by atoms with Crippen LogP contribution in [0.3, 0.4) is 0 Å². The van der Waals surface area contributed by atoms with E-state index in [1.807, 2.05) is 7.05 Å². The lowest BCUT2D eigenvalue weighted by Gasteiger charge is -1.98. The van der Waals surface area contributed by atoms with Crippen molar-refractivity contribution in [3.05, 3.63) is 24.3 Å². The second kappa shape index (κ2) is 3.49. The fraction of sp³-hybridized carbons (Fsp3) is 0.375. The second-order valence-electron chi connectivity index (χ2n) is 2.96. The molecule has 2 heterocycles. The predicted octanol–water partition coefficient (Wildman–Crippen LogP) is 0.128. The molecule has 2 aromatic rings. The molecule has 0 fully saturated rings. The highest BCUT2D eigenvalue weighted by molar-refractivity contribution is 5.11. The van der Waals surface area contributed by atoms with Crippen LogP contribution in [0.4, 0.5) is 0 Å². The van der Waals surface area contributed by atoms with Crippen LogP contribution in [0.25, 0.3) is 0 Å². The lowest BCUT2D eigenvalue weighted by atomic mass is 10.5. The Bertz CT molecular complexity index is 379. The van der Waals surface area contributed by atoms with Gasteiger partial charge < -0.3 is 4.74 Å². The Morgan fingerprint density at radius 3 is 2.71 bits per heavy atom. The van der Waals surface area contributed by atoms with Crippen LogP contribution in [-0.2, 0) is 20.7 Å². The van der Waals surface area contributed by atoms with Crippen molar-refractivity contribution >= 4 is 0 Å². The van der Waals surface area contributed by atoms with Gasteiger partial charge in [-0.1, -0.05) is 0 Å². The fourth-order valence-electron chi connectivity index (χ4n) is 1.08. The summed E-state index contributed by atoms with van der Waals surface area (Å²) in [5.74, 6) is 0.734. The molecule has 0 spiro atoms. The number of hydrogen-bond donors (Lipinski definition) is 0. The van der Waals surface area contributed by atoms with Crippen LogP contribution >= 0.6 is 0 Å². The minimum atomic E-state index is 0.416. The predicted molar refractivity (Wildman–Crippen MR) is 48.5 cm³/mol. The molecule has 0 saturated carbocycles. The zero-order chi connectivity index (χ0) is 9.97. The van der Waals surface area contributed by atoms with Crippen molar-refractivity contribution in [2.45, 2.75) is 6.61 Å². The Morgan fingerprint density at radius 2 is 2.14 bits per heavy atom. The molecule has 0 amide bonds. The Kier molecular flexibility index (Phi) is 2.18. The van der Waals surface area contributed by atoms with E-state index in [0.29, 0.717) is 6.61 Å². The summed E-state index contributed by atoms with van der Waals surface area (Å²) in [6.45, 7) is 0.416. The quantitative estimate of drug-likeness (QED) is 0.695. The monoisotopic (exact) mass is 193 g/mol. The van der Waals surface area contributed by atoms with Gasteiger partial charge in [-0.15, -0.1) is 0 Å². The van der Waals surface area contributed by atoms with E-state index in [0.717, 1.165) is 11.4 Å². The molecule has 0 bridgehead atoms. The number of nitrogens with zero attached hydrogens (tertiary/aromatic N) is 5. The molecule has 6 heteroatoms. The lowest BCUT2D eigenvalue weighted by Crippen LogP contribution is -1.97. The molecule has 0 aliphatic rings. The number of hydrogen-bond acceptors (Lipinski definition) is 4. The first kappa shape index (κ1) is 8.74. The first-order chi connectivity index (χ1) is 6.74. The van der Waals surface area contributed by atoms with Gasteiger partial charge in [0, 0.05) is 14.1 Å². The summed E-state index contributed by atoms with van der Waals surface area (Å²) in [5.41, 5.74) is 0.802. The maximum absolute atomic E-state index is 5.43. The highest BCUT2D eigenvalue weighted by Gasteiger charge is 2.00. The molecule has 6 nitrogen and oxygen atoms in total. The van der Waals surface area contributed by atoms with Crippen LogP contribution in [0.1, 0.15) is 5.69 Å². The number of rotatable bonds is 3. The maximum Gasteiger partial charge on any atom is 0.157 e. The van der Waals surface area contributed by atoms with Gasteiger partial charge >= 0.3 is 0 Å². The molecule has 2 aromatic heterocycles. The normalized spacial score (nSPS) is 10.4. The van der Waals surface area contributed by atoms with Crippen molar-refractivity contribution in [3.63, 3.8) is 0 Å². The average Bonchev–Trinajstić information content (AvgIpc) is 2.72. The van der Waals surface area contributed by atoms with Crippen LogP contribution in [0.5, 0.6) is 5.75 Å². The molecule has 0 radical (unpaired) electrons. The van der Waals surface area contributed by atoms with Crippen molar-refractivity contribution in [2.24, 2.45) is 14.1 Å². The summed E-state index contributed by atoms with van der Waals surface area (Å²) >= 11 is 0. The number of aromatic nitrogens is 5. The third kappa shape index (κ3) is 1.90. The van der Waals surface area contributed by atoms with Crippen molar-refractivity contribution < 1.29 is 4.74 Å². The van der Waals surface area contributed by atoms with E-state index in [1.54, 1.807) is 30.3 Å². The highest BCUT2D eigenvalue weighted by atomic mass is 16.5. The van der Waals surface area contributed by atoms with E-state index in [9.17, 15) is 0 Å². The van der Waals surface area contributed by atoms with Crippen LogP contribution < -0.4 is 4.74 Å². The maximum atomic E-state index is 5.43. The minimum Gasteiger partial charge on any atom is -0.484 e. The Balaban J connectivity index is 1.94. The third-order valence-electron chi connectivity index (χ3n) is 1.71. The summed E-state index contributed by atoms with van der Waals surface area (Å²) in [4.78, 5) is 1.50. The molecule has 0 aliphatic heterocycles. The van der Waals surface area contributed by atoms with E-state index in [4.69, 9.17) is 4.74 Å². The van der Waals surface area contributed by atoms with Gasteiger partial charge in [0.1, 0.15) is 12.3 Å². The first-order valence-electron chi connectivity index (χ1n) is 4.21. The van der Waals surface area contributed by atoms with E-state index in [-0.39, 0.29) is 0 Å². The molecular formula is C8H11N5O. The summed E-state index contributed by atoms with van der Waals surface area (Å²) < 4.78 is 7.11. The Morgan fingerprint density at radius 1 is 1.29 bits per heavy atom. The van der Waals surface area contributed by atoms with E-state index in [1.165, 1.54) is 4.80 Å². The van der Waals surface area contributed by atoms with Gasteiger partial charge in [-0.2, -0.15) is 20.1 Å². The largest absolute Gasteiger partial charge is 0.484 e. The van der Waals surface area contributed by atoms with E-state index >= 15 is 0 Å². The molecule has 74 valence electrons. The Labute approximate surface area is 81.1 Å². The van der Waals surface area contributed by atoms with E-state index in [2.05, 4.69) is 15.3 Å². The molecule has 14 heavy (non-hydrogen) atoms. The van der Waals surface area contributed by atoms with Gasteiger partial charge in [0.05, 0.1) is 18.6 Å². The zero-order valence-corrected chi connectivity index (χ0v) is 8.08. The summed E-state index contributed by atoms with van der Waals surface area (Å²) in [6, 6.07) is 0. The molecule has 0 saturated heterocycles. The number of aryl methyl sites for hydroxylation is 2. The molecule has 0 aromatic carbocycles. The summed E-state index contributed by atoms with van der Waals surface area (Å²) in [5, 5.41) is 12.0. The fourth-order valence-corrected chi connectivity index (χ4v) is 1.08. The molecule has 0 aliphatic carbocycles. The molecule has 2 rings (SSSR count). The topological polar surface area (TPSA) is 57.8 Å².